The number of hydrogen-bond acceptors (Lipinski definition) is 3. The van der Waals surface area contributed by atoms with Gasteiger partial charge in [-0.25, -0.2) is 13.6 Å². The highest BCUT2D eigenvalue weighted by Gasteiger charge is 2.26. The first kappa shape index (κ1) is 15.1. The SMILES string of the molecule is COC(=O)[C@H](NC(=O)c1ccc(F)cc1F)C(C)C. The second kappa shape index (κ2) is 6.26. The van der Waals surface area contributed by atoms with Gasteiger partial charge in [0, 0.05) is 6.07 Å². The van der Waals surface area contributed by atoms with Crippen molar-refractivity contribution in [2.24, 2.45) is 5.92 Å². The molecule has 0 radical (unpaired) electrons. The van der Waals surface area contributed by atoms with Crippen LogP contribution in [-0.4, -0.2) is 25.0 Å². The van der Waals surface area contributed by atoms with Crippen LogP contribution in [0.5, 0.6) is 0 Å². The van der Waals surface area contributed by atoms with Crippen LogP contribution in [0.1, 0.15) is 24.2 Å². The van der Waals surface area contributed by atoms with Crippen LogP contribution < -0.4 is 5.32 Å². The number of halogens is 2. The van der Waals surface area contributed by atoms with Crippen LogP contribution in [0.15, 0.2) is 18.2 Å². The Hall–Kier alpha value is -1.98. The molecule has 1 atom stereocenters. The minimum Gasteiger partial charge on any atom is -0.467 e. The fourth-order valence-corrected chi connectivity index (χ4v) is 1.52. The van der Waals surface area contributed by atoms with E-state index in [-0.39, 0.29) is 11.5 Å². The number of esters is 1. The number of carbonyl (C=O) groups excluding carboxylic acids is 2. The zero-order valence-electron chi connectivity index (χ0n) is 10.9. The fourth-order valence-electron chi connectivity index (χ4n) is 1.52. The van der Waals surface area contributed by atoms with Crippen LogP contribution in [0.4, 0.5) is 8.78 Å². The Balaban J connectivity index is 2.91. The summed E-state index contributed by atoms with van der Waals surface area (Å²) >= 11 is 0. The molecule has 0 aliphatic rings. The monoisotopic (exact) mass is 271 g/mol. The molecule has 6 heteroatoms. The van der Waals surface area contributed by atoms with E-state index in [1.807, 2.05) is 0 Å². The Bertz CT molecular complexity index is 489. The van der Waals surface area contributed by atoms with Crippen molar-refractivity contribution in [3.8, 4) is 0 Å². The molecule has 0 saturated carbocycles. The van der Waals surface area contributed by atoms with Crippen molar-refractivity contribution in [3.63, 3.8) is 0 Å². The zero-order valence-corrected chi connectivity index (χ0v) is 10.9. The highest BCUT2D eigenvalue weighted by atomic mass is 19.1. The highest BCUT2D eigenvalue weighted by Crippen LogP contribution is 2.11. The summed E-state index contributed by atoms with van der Waals surface area (Å²) in [5.74, 6) is -3.39. The molecule has 0 bridgehead atoms. The number of benzene rings is 1. The van der Waals surface area contributed by atoms with Crippen LogP contribution in [0.2, 0.25) is 0 Å². The van der Waals surface area contributed by atoms with Crippen molar-refractivity contribution in [2.45, 2.75) is 19.9 Å². The number of ether oxygens (including phenoxy) is 1. The van der Waals surface area contributed by atoms with Crippen molar-refractivity contribution >= 4 is 11.9 Å². The first-order valence-corrected chi connectivity index (χ1v) is 5.70. The summed E-state index contributed by atoms with van der Waals surface area (Å²) in [6.45, 7) is 3.42. The lowest BCUT2D eigenvalue weighted by Gasteiger charge is -2.19. The van der Waals surface area contributed by atoms with E-state index in [9.17, 15) is 18.4 Å². The number of amides is 1. The van der Waals surface area contributed by atoms with Gasteiger partial charge in [-0.05, 0) is 18.1 Å². The van der Waals surface area contributed by atoms with Gasteiger partial charge in [0.05, 0.1) is 12.7 Å². The molecule has 19 heavy (non-hydrogen) atoms. The lowest BCUT2D eigenvalue weighted by molar-refractivity contribution is -0.144. The molecule has 0 saturated heterocycles. The number of methoxy groups -OCH3 is 1. The minimum absolute atomic E-state index is 0.222. The van der Waals surface area contributed by atoms with Gasteiger partial charge in [-0.2, -0.15) is 0 Å². The summed E-state index contributed by atoms with van der Waals surface area (Å²) in [5, 5.41) is 2.37. The van der Waals surface area contributed by atoms with Gasteiger partial charge < -0.3 is 10.1 Å². The van der Waals surface area contributed by atoms with Gasteiger partial charge in [-0.15, -0.1) is 0 Å². The van der Waals surface area contributed by atoms with Gasteiger partial charge in [0.15, 0.2) is 0 Å². The molecule has 0 spiro atoms. The van der Waals surface area contributed by atoms with Crippen molar-refractivity contribution in [1.82, 2.24) is 5.32 Å². The maximum Gasteiger partial charge on any atom is 0.328 e. The molecule has 0 fully saturated rings. The van der Waals surface area contributed by atoms with Crippen LogP contribution in [0.25, 0.3) is 0 Å². The van der Waals surface area contributed by atoms with Gasteiger partial charge in [0.2, 0.25) is 0 Å². The molecule has 0 aliphatic carbocycles. The Morgan fingerprint density at radius 2 is 1.89 bits per heavy atom. The number of hydrogen-bond donors (Lipinski definition) is 1. The average molecular weight is 271 g/mol. The van der Waals surface area contributed by atoms with Crippen LogP contribution >= 0.6 is 0 Å². The number of nitrogens with one attached hydrogen (secondary N) is 1. The molecule has 0 heterocycles. The summed E-state index contributed by atoms with van der Waals surface area (Å²) in [7, 11) is 1.20. The van der Waals surface area contributed by atoms with E-state index >= 15 is 0 Å². The van der Waals surface area contributed by atoms with E-state index in [1.54, 1.807) is 13.8 Å². The predicted molar refractivity (Wildman–Crippen MR) is 64.5 cm³/mol. The molecular weight excluding hydrogens is 256 g/mol. The van der Waals surface area contributed by atoms with Crippen molar-refractivity contribution in [2.75, 3.05) is 7.11 Å². The maximum absolute atomic E-state index is 13.4. The minimum atomic E-state index is -0.982. The zero-order chi connectivity index (χ0) is 14.6. The summed E-state index contributed by atoms with van der Waals surface area (Å²) in [4.78, 5) is 23.3. The topological polar surface area (TPSA) is 55.4 Å². The molecule has 0 aliphatic heterocycles. The van der Waals surface area contributed by atoms with Gasteiger partial charge in [0.1, 0.15) is 17.7 Å². The third kappa shape index (κ3) is 3.74. The Morgan fingerprint density at radius 3 is 2.37 bits per heavy atom. The summed E-state index contributed by atoms with van der Waals surface area (Å²) in [5.41, 5.74) is -0.323. The Labute approximate surface area is 109 Å². The first-order valence-electron chi connectivity index (χ1n) is 5.70. The van der Waals surface area contributed by atoms with E-state index in [2.05, 4.69) is 10.1 Å². The van der Waals surface area contributed by atoms with E-state index in [0.717, 1.165) is 12.1 Å². The van der Waals surface area contributed by atoms with E-state index < -0.39 is 29.6 Å². The molecule has 0 aromatic heterocycles. The smallest absolute Gasteiger partial charge is 0.328 e. The van der Waals surface area contributed by atoms with Crippen LogP contribution in [0.3, 0.4) is 0 Å². The quantitative estimate of drug-likeness (QED) is 0.851. The Kier molecular flexibility index (Phi) is 4.97. The lowest BCUT2D eigenvalue weighted by Crippen LogP contribution is -2.45. The standard InChI is InChI=1S/C13H15F2NO3/c1-7(2)11(13(18)19-3)16-12(17)9-5-4-8(14)6-10(9)15/h4-7,11H,1-3H3,(H,16,17)/t11-/m1/s1. The maximum atomic E-state index is 13.4. The molecule has 4 nitrogen and oxygen atoms in total. The second-order valence-electron chi connectivity index (χ2n) is 4.34. The van der Waals surface area contributed by atoms with Crippen molar-refractivity contribution in [1.29, 1.82) is 0 Å². The second-order valence-corrected chi connectivity index (χ2v) is 4.34. The summed E-state index contributed by atoms with van der Waals surface area (Å²) in [6.07, 6.45) is 0. The van der Waals surface area contributed by atoms with Crippen LogP contribution in [0, 0.1) is 17.6 Å². The third-order valence-corrected chi connectivity index (χ3v) is 2.58. The molecule has 1 aromatic rings. The van der Waals surface area contributed by atoms with E-state index in [0.29, 0.717) is 6.07 Å². The van der Waals surface area contributed by atoms with Crippen molar-refractivity contribution in [3.05, 3.63) is 35.4 Å². The van der Waals surface area contributed by atoms with Gasteiger partial charge in [0.25, 0.3) is 5.91 Å². The predicted octanol–water partition coefficient (Wildman–Crippen LogP) is 1.89. The molecule has 1 N–H and O–H groups in total. The first-order chi connectivity index (χ1) is 8.86. The highest BCUT2D eigenvalue weighted by molar-refractivity contribution is 5.97. The molecule has 1 aromatic carbocycles. The Morgan fingerprint density at radius 1 is 1.26 bits per heavy atom. The fraction of sp³-hybridized carbons (Fsp3) is 0.385. The summed E-state index contributed by atoms with van der Waals surface area (Å²) < 4.78 is 30.7. The van der Waals surface area contributed by atoms with Crippen molar-refractivity contribution < 1.29 is 23.1 Å². The van der Waals surface area contributed by atoms with Crippen LogP contribution in [-0.2, 0) is 9.53 Å². The third-order valence-electron chi connectivity index (χ3n) is 2.58. The molecule has 0 unspecified atom stereocenters. The average Bonchev–Trinajstić information content (AvgIpc) is 2.34. The largest absolute Gasteiger partial charge is 0.467 e. The van der Waals surface area contributed by atoms with Gasteiger partial charge >= 0.3 is 5.97 Å². The summed E-state index contributed by atoms with van der Waals surface area (Å²) in [6, 6.07) is 1.72. The number of rotatable bonds is 4. The molecule has 1 rings (SSSR count). The normalized spacial score (nSPS) is 12.1. The molecular formula is C13H15F2NO3. The lowest BCUT2D eigenvalue weighted by atomic mass is 10.0. The van der Waals surface area contributed by atoms with Gasteiger partial charge in [-0.3, -0.25) is 4.79 Å². The number of carbonyl (C=O) groups is 2. The van der Waals surface area contributed by atoms with E-state index in [1.165, 1.54) is 7.11 Å². The molecule has 104 valence electrons. The van der Waals surface area contributed by atoms with E-state index in [4.69, 9.17) is 0 Å². The van der Waals surface area contributed by atoms with Gasteiger partial charge in [-0.1, -0.05) is 13.8 Å². The molecule has 1 amide bonds.